The number of sulfonamides is 1. The predicted octanol–water partition coefficient (Wildman–Crippen LogP) is 4.66. The zero-order valence-corrected chi connectivity index (χ0v) is 20.0. The van der Waals surface area contributed by atoms with E-state index in [0.717, 1.165) is 18.5 Å². The number of hydrogen-bond acceptors (Lipinski definition) is 7. The van der Waals surface area contributed by atoms with Gasteiger partial charge >= 0.3 is 0 Å². The van der Waals surface area contributed by atoms with Crippen LogP contribution in [0.25, 0.3) is 10.8 Å². The standard InChI is InChI=1S/C23H28N4O3S2/c1-16-6-5-9-19(14-16)27-13-12-26(15-17(27)2)32(28,29)21-11-10-20(31-21)23-25-24-22(30-23)18-7-3-4-8-18/h5-6,9-11,14,17-18H,3-4,7-8,12-13,15H2,1-2H3. The van der Waals surface area contributed by atoms with Gasteiger partial charge in [0.2, 0.25) is 5.89 Å². The van der Waals surface area contributed by atoms with Gasteiger partial charge in [-0.2, -0.15) is 4.31 Å². The molecule has 1 saturated heterocycles. The van der Waals surface area contributed by atoms with Crippen molar-refractivity contribution in [2.75, 3.05) is 24.5 Å². The van der Waals surface area contributed by atoms with Crippen LogP contribution >= 0.6 is 11.3 Å². The summed E-state index contributed by atoms with van der Waals surface area (Å²) in [5, 5.41) is 8.39. The second kappa shape index (κ2) is 8.61. The summed E-state index contributed by atoms with van der Waals surface area (Å²) in [7, 11) is -3.57. The zero-order chi connectivity index (χ0) is 22.3. The molecule has 0 bridgehead atoms. The van der Waals surface area contributed by atoms with E-state index in [0.29, 0.717) is 46.4 Å². The average molecular weight is 473 g/mol. The molecule has 2 fully saturated rings. The number of rotatable bonds is 5. The number of aromatic nitrogens is 2. The maximum atomic E-state index is 13.3. The lowest BCUT2D eigenvalue weighted by Crippen LogP contribution is -2.53. The third-order valence-corrected chi connectivity index (χ3v) is 9.86. The Hall–Kier alpha value is -2.23. The third-order valence-electron chi connectivity index (χ3n) is 6.45. The van der Waals surface area contributed by atoms with E-state index in [1.54, 1.807) is 16.4 Å². The minimum Gasteiger partial charge on any atom is -0.420 e. The van der Waals surface area contributed by atoms with Crippen molar-refractivity contribution in [1.82, 2.24) is 14.5 Å². The van der Waals surface area contributed by atoms with Gasteiger partial charge < -0.3 is 9.32 Å². The molecule has 3 heterocycles. The molecule has 3 aromatic rings. The molecule has 170 valence electrons. The minimum atomic E-state index is -3.57. The molecule has 7 nitrogen and oxygen atoms in total. The summed E-state index contributed by atoms with van der Waals surface area (Å²) in [5.41, 5.74) is 2.34. The van der Waals surface area contributed by atoms with Gasteiger partial charge in [0.25, 0.3) is 15.9 Å². The minimum absolute atomic E-state index is 0.0877. The molecule has 1 aliphatic heterocycles. The second-order valence-corrected chi connectivity index (χ2v) is 12.0. The average Bonchev–Trinajstić information content (AvgIpc) is 3.54. The Morgan fingerprint density at radius 1 is 1.09 bits per heavy atom. The molecule has 32 heavy (non-hydrogen) atoms. The van der Waals surface area contributed by atoms with Crippen molar-refractivity contribution >= 4 is 27.0 Å². The highest BCUT2D eigenvalue weighted by molar-refractivity contribution is 7.91. The monoisotopic (exact) mass is 472 g/mol. The van der Waals surface area contributed by atoms with Crippen LogP contribution < -0.4 is 4.90 Å². The fourth-order valence-electron chi connectivity index (χ4n) is 4.71. The van der Waals surface area contributed by atoms with Crippen LogP contribution in [0, 0.1) is 6.92 Å². The highest BCUT2D eigenvalue weighted by atomic mass is 32.2. The fraction of sp³-hybridized carbons (Fsp3) is 0.478. The molecule has 0 amide bonds. The molecule has 1 saturated carbocycles. The van der Waals surface area contributed by atoms with Gasteiger partial charge in [-0.1, -0.05) is 25.0 Å². The largest absolute Gasteiger partial charge is 0.420 e. The van der Waals surface area contributed by atoms with E-state index in [-0.39, 0.29) is 6.04 Å². The lowest BCUT2D eigenvalue weighted by Gasteiger charge is -2.40. The first-order chi connectivity index (χ1) is 15.4. The number of aryl methyl sites for hydroxylation is 1. The van der Waals surface area contributed by atoms with Gasteiger partial charge in [0.05, 0.1) is 4.88 Å². The summed E-state index contributed by atoms with van der Waals surface area (Å²) >= 11 is 1.20. The first-order valence-electron chi connectivity index (χ1n) is 11.2. The molecular formula is C23H28N4O3S2. The summed E-state index contributed by atoms with van der Waals surface area (Å²) < 4.78 is 34.5. The van der Waals surface area contributed by atoms with Gasteiger partial charge in [0.15, 0.2) is 0 Å². The van der Waals surface area contributed by atoms with E-state index in [2.05, 4.69) is 47.1 Å². The van der Waals surface area contributed by atoms with E-state index in [9.17, 15) is 8.42 Å². The topological polar surface area (TPSA) is 79.5 Å². The van der Waals surface area contributed by atoms with Crippen molar-refractivity contribution in [3.05, 3.63) is 47.9 Å². The van der Waals surface area contributed by atoms with Crippen LogP contribution in [-0.2, 0) is 10.0 Å². The Morgan fingerprint density at radius 3 is 2.66 bits per heavy atom. The van der Waals surface area contributed by atoms with E-state index in [1.807, 2.05) is 6.07 Å². The van der Waals surface area contributed by atoms with Crippen molar-refractivity contribution < 1.29 is 12.8 Å². The fourth-order valence-corrected chi connectivity index (χ4v) is 7.60. The van der Waals surface area contributed by atoms with Gasteiger partial charge in [0, 0.05) is 37.3 Å². The number of benzene rings is 1. The molecule has 1 unspecified atom stereocenters. The van der Waals surface area contributed by atoms with E-state index in [1.165, 1.54) is 29.7 Å². The van der Waals surface area contributed by atoms with Crippen molar-refractivity contribution in [2.24, 2.45) is 0 Å². The first kappa shape index (κ1) is 21.6. The van der Waals surface area contributed by atoms with Crippen molar-refractivity contribution in [1.29, 1.82) is 0 Å². The number of hydrogen-bond donors (Lipinski definition) is 0. The normalized spacial score (nSPS) is 20.8. The SMILES string of the molecule is Cc1cccc(N2CCN(S(=O)(=O)c3ccc(-c4nnc(C5CCCC5)o4)s3)CC2C)c1. The molecule has 1 atom stereocenters. The Kier molecular flexibility index (Phi) is 5.81. The molecule has 0 N–H and O–H groups in total. The number of piperazine rings is 1. The smallest absolute Gasteiger partial charge is 0.257 e. The highest BCUT2D eigenvalue weighted by Gasteiger charge is 2.34. The molecule has 5 rings (SSSR count). The van der Waals surface area contributed by atoms with Gasteiger partial charge in [-0.15, -0.1) is 21.5 Å². The summed E-state index contributed by atoms with van der Waals surface area (Å²) in [5.74, 6) is 1.43. The Balaban J connectivity index is 1.31. The van der Waals surface area contributed by atoms with Crippen molar-refractivity contribution in [3.63, 3.8) is 0 Å². The molecule has 9 heteroatoms. The van der Waals surface area contributed by atoms with Crippen molar-refractivity contribution in [3.8, 4) is 10.8 Å². The quantitative estimate of drug-likeness (QED) is 0.537. The van der Waals surface area contributed by atoms with Crippen LogP contribution in [0.2, 0.25) is 0 Å². The van der Waals surface area contributed by atoms with Gasteiger partial charge in [-0.05, 0) is 56.5 Å². The molecule has 0 spiro atoms. The molecule has 2 aliphatic rings. The Labute approximate surface area is 193 Å². The Morgan fingerprint density at radius 2 is 1.91 bits per heavy atom. The number of thiophene rings is 1. The van der Waals surface area contributed by atoms with Crippen LogP contribution in [0.5, 0.6) is 0 Å². The molecule has 0 radical (unpaired) electrons. The van der Waals surface area contributed by atoms with Crippen LogP contribution in [0.4, 0.5) is 5.69 Å². The van der Waals surface area contributed by atoms with Crippen LogP contribution in [-0.4, -0.2) is 48.6 Å². The Bertz CT molecular complexity index is 1200. The summed E-state index contributed by atoms with van der Waals surface area (Å²) in [6.07, 6.45) is 4.55. The summed E-state index contributed by atoms with van der Waals surface area (Å²) in [6, 6.07) is 11.9. The number of anilines is 1. The van der Waals surface area contributed by atoms with Crippen molar-refractivity contribution in [2.45, 2.75) is 55.7 Å². The molecule has 1 aromatic carbocycles. The maximum Gasteiger partial charge on any atom is 0.257 e. The van der Waals surface area contributed by atoms with Gasteiger partial charge in [0.1, 0.15) is 4.21 Å². The third kappa shape index (κ3) is 4.09. The summed E-state index contributed by atoms with van der Waals surface area (Å²) in [4.78, 5) is 2.98. The van der Waals surface area contributed by atoms with E-state index in [4.69, 9.17) is 4.42 Å². The van der Waals surface area contributed by atoms with Crippen LogP contribution in [0.1, 0.15) is 50.0 Å². The molecule has 2 aromatic heterocycles. The maximum absolute atomic E-state index is 13.3. The predicted molar refractivity (Wildman–Crippen MR) is 126 cm³/mol. The highest BCUT2D eigenvalue weighted by Crippen LogP contribution is 2.37. The van der Waals surface area contributed by atoms with E-state index >= 15 is 0 Å². The molecule has 1 aliphatic carbocycles. The lowest BCUT2D eigenvalue weighted by atomic mass is 10.1. The summed E-state index contributed by atoms with van der Waals surface area (Å²) in [6.45, 7) is 5.73. The van der Waals surface area contributed by atoms with Crippen LogP contribution in [0.15, 0.2) is 45.0 Å². The van der Waals surface area contributed by atoms with Crippen LogP contribution in [0.3, 0.4) is 0 Å². The lowest BCUT2D eigenvalue weighted by molar-refractivity contribution is 0.343. The molecular weight excluding hydrogens is 444 g/mol. The number of nitrogens with zero attached hydrogens (tertiary/aromatic N) is 4. The second-order valence-electron chi connectivity index (χ2n) is 8.79. The van der Waals surface area contributed by atoms with Gasteiger partial charge in [-0.3, -0.25) is 0 Å². The van der Waals surface area contributed by atoms with E-state index < -0.39 is 10.0 Å². The van der Waals surface area contributed by atoms with Gasteiger partial charge in [-0.25, -0.2) is 8.42 Å². The zero-order valence-electron chi connectivity index (χ0n) is 18.4. The first-order valence-corrected chi connectivity index (χ1v) is 13.4.